The van der Waals surface area contributed by atoms with Crippen molar-refractivity contribution in [2.75, 3.05) is 13.1 Å². The summed E-state index contributed by atoms with van der Waals surface area (Å²) in [5.41, 5.74) is 0.759. The SMILES string of the molecule is O=C(NS(=O)(=O)N1CC(O)C1)OCc1ccccc1. The Balaban J connectivity index is 1.81. The standard InChI is InChI=1S/C11H14N2O5S/c14-10-6-13(7-10)19(16,17)12-11(15)18-8-9-4-2-1-3-5-9/h1-5,10,14H,6-8H2,(H,12,15). The minimum atomic E-state index is -3.91. The lowest BCUT2D eigenvalue weighted by molar-refractivity contribution is 0.0536. The molecule has 0 atom stereocenters. The predicted molar refractivity (Wildman–Crippen MR) is 66.3 cm³/mol. The van der Waals surface area contributed by atoms with Gasteiger partial charge in [-0.3, -0.25) is 0 Å². The van der Waals surface area contributed by atoms with Gasteiger partial charge in [0.2, 0.25) is 0 Å². The Hall–Kier alpha value is -1.64. The van der Waals surface area contributed by atoms with E-state index in [1.54, 1.807) is 29.0 Å². The number of nitrogens with zero attached hydrogens (tertiary/aromatic N) is 1. The van der Waals surface area contributed by atoms with Gasteiger partial charge in [0.05, 0.1) is 6.10 Å². The normalized spacial score (nSPS) is 16.7. The minimum Gasteiger partial charge on any atom is -0.444 e. The molecular formula is C11H14N2O5S. The van der Waals surface area contributed by atoms with Crippen molar-refractivity contribution in [3.05, 3.63) is 35.9 Å². The number of nitrogens with one attached hydrogen (secondary N) is 1. The van der Waals surface area contributed by atoms with Crippen molar-refractivity contribution in [2.24, 2.45) is 0 Å². The maximum atomic E-state index is 11.6. The Kier molecular flexibility index (Phi) is 4.03. The molecule has 1 aromatic carbocycles. The molecular weight excluding hydrogens is 272 g/mol. The van der Waals surface area contributed by atoms with Gasteiger partial charge >= 0.3 is 16.3 Å². The summed E-state index contributed by atoms with van der Waals surface area (Å²) in [6, 6.07) is 8.91. The second-order valence-electron chi connectivity index (χ2n) is 4.14. The zero-order valence-electron chi connectivity index (χ0n) is 10.0. The number of benzene rings is 1. The number of hydrogen-bond donors (Lipinski definition) is 2. The lowest BCUT2D eigenvalue weighted by Crippen LogP contribution is -2.57. The zero-order valence-corrected chi connectivity index (χ0v) is 10.8. The molecule has 1 saturated heterocycles. The molecule has 1 aromatic rings. The number of amides is 1. The van der Waals surface area contributed by atoms with Crippen molar-refractivity contribution < 1.29 is 23.1 Å². The third-order valence-corrected chi connectivity index (χ3v) is 4.00. The van der Waals surface area contributed by atoms with E-state index in [0.717, 1.165) is 9.87 Å². The second-order valence-corrected chi connectivity index (χ2v) is 5.81. The third-order valence-electron chi connectivity index (χ3n) is 2.59. The minimum absolute atomic E-state index is 0.00911. The molecule has 19 heavy (non-hydrogen) atoms. The fourth-order valence-corrected chi connectivity index (χ4v) is 2.67. The van der Waals surface area contributed by atoms with Crippen LogP contribution in [0.3, 0.4) is 0 Å². The van der Waals surface area contributed by atoms with Gasteiger partial charge in [-0.1, -0.05) is 30.3 Å². The van der Waals surface area contributed by atoms with Crippen molar-refractivity contribution in [3.63, 3.8) is 0 Å². The van der Waals surface area contributed by atoms with Crippen LogP contribution in [-0.4, -0.2) is 43.1 Å². The monoisotopic (exact) mass is 286 g/mol. The summed E-state index contributed by atoms with van der Waals surface area (Å²) in [6.45, 7) is -0.0343. The highest BCUT2D eigenvalue weighted by Gasteiger charge is 2.35. The summed E-state index contributed by atoms with van der Waals surface area (Å²) in [7, 11) is -3.91. The molecule has 1 aliphatic heterocycles. The molecule has 1 amide bonds. The van der Waals surface area contributed by atoms with Gasteiger partial charge in [0, 0.05) is 13.1 Å². The first-order valence-corrected chi connectivity index (χ1v) is 7.08. The van der Waals surface area contributed by atoms with Gasteiger partial charge in [0.25, 0.3) is 0 Å². The van der Waals surface area contributed by atoms with E-state index in [4.69, 9.17) is 9.84 Å². The number of hydrogen-bond acceptors (Lipinski definition) is 5. The molecule has 0 unspecified atom stereocenters. The molecule has 0 radical (unpaired) electrons. The lowest BCUT2D eigenvalue weighted by atomic mass is 10.2. The average Bonchev–Trinajstić information content (AvgIpc) is 2.33. The summed E-state index contributed by atoms with van der Waals surface area (Å²) in [6.07, 6.45) is -1.71. The summed E-state index contributed by atoms with van der Waals surface area (Å²) in [5.74, 6) is 0. The summed E-state index contributed by atoms with van der Waals surface area (Å²) < 4.78 is 30.7. The molecule has 104 valence electrons. The smallest absolute Gasteiger partial charge is 0.422 e. The topological polar surface area (TPSA) is 95.9 Å². The molecule has 0 bridgehead atoms. The Bertz CT molecular complexity index is 539. The number of rotatable bonds is 4. The van der Waals surface area contributed by atoms with Gasteiger partial charge in [-0.25, -0.2) is 9.52 Å². The van der Waals surface area contributed by atoms with Crippen molar-refractivity contribution in [3.8, 4) is 0 Å². The van der Waals surface area contributed by atoms with E-state index in [-0.39, 0.29) is 19.7 Å². The third kappa shape index (κ3) is 3.66. The van der Waals surface area contributed by atoms with Gasteiger partial charge < -0.3 is 9.84 Å². The van der Waals surface area contributed by atoms with E-state index in [2.05, 4.69) is 0 Å². The van der Waals surface area contributed by atoms with Gasteiger partial charge in [-0.15, -0.1) is 0 Å². The van der Waals surface area contributed by atoms with E-state index in [1.165, 1.54) is 0 Å². The van der Waals surface area contributed by atoms with Crippen LogP contribution >= 0.6 is 0 Å². The number of carbonyl (C=O) groups is 1. The Labute approximate surface area is 111 Å². The molecule has 0 aliphatic carbocycles. The molecule has 7 nitrogen and oxygen atoms in total. The van der Waals surface area contributed by atoms with Crippen molar-refractivity contribution >= 4 is 16.3 Å². The Morgan fingerprint density at radius 1 is 1.37 bits per heavy atom. The van der Waals surface area contributed by atoms with Crippen LogP contribution in [0, 0.1) is 0 Å². The highest BCUT2D eigenvalue weighted by atomic mass is 32.2. The van der Waals surface area contributed by atoms with Crippen LogP contribution in [0.4, 0.5) is 4.79 Å². The van der Waals surface area contributed by atoms with Gasteiger partial charge in [0.1, 0.15) is 6.61 Å². The second kappa shape index (κ2) is 5.55. The highest BCUT2D eigenvalue weighted by molar-refractivity contribution is 7.87. The predicted octanol–water partition coefficient (Wildman–Crippen LogP) is -0.166. The zero-order chi connectivity index (χ0) is 13.9. The fraction of sp³-hybridized carbons (Fsp3) is 0.364. The molecule has 2 N–H and O–H groups in total. The Morgan fingerprint density at radius 2 is 2.00 bits per heavy atom. The molecule has 0 spiro atoms. The quantitative estimate of drug-likeness (QED) is 0.801. The first kappa shape index (κ1) is 13.8. The van der Waals surface area contributed by atoms with Crippen molar-refractivity contribution in [2.45, 2.75) is 12.7 Å². The van der Waals surface area contributed by atoms with Crippen LogP contribution in [-0.2, 0) is 21.6 Å². The number of ether oxygens (including phenoxy) is 1. The van der Waals surface area contributed by atoms with Crippen LogP contribution in [0.5, 0.6) is 0 Å². The average molecular weight is 286 g/mol. The van der Waals surface area contributed by atoms with Crippen LogP contribution in [0.15, 0.2) is 30.3 Å². The summed E-state index contributed by atoms with van der Waals surface area (Å²) >= 11 is 0. The van der Waals surface area contributed by atoms with Gasteiger partial charge in [0.15, 0.2) is 0 Å². The number of aliphatic hydroxyl groups excluding tert-OH is 1. The van der Waals surface area contributed by atoms with E-state index in [9.17, 15) is 13.2 Å². The van der Waals surface area contributed by atoms with Crippen molar-refractivity contribution in [1.29, 1.82) is 0 Å². The molecule has 1 fully saturated rings. The number of carbonyl (C=O) groups excluding carboxylic acids is 1. The molecule has 0 aromatic heterocycles. The van der Waals surface area contributed by atoms with Crippen molar-refractivity contribution in [1.82, 2.24) is 9.03 Å². The maximum absolute atomic E-state index is 11.6. The van der Waals surface area contributed by atoms with Crippen LogP contribution < -0.4 is 4.72 Å². The summed E-state index contributed by atoms with van der Waals surface area (Å²) in [5, 5.41) is 9.02. The van der Waals surface area contributed by atoms with E-state index in [1.807, 2.05) is 6.07 Å². The van der Waals surface area contributed by atoms with Crippen LogP contribution in [0.25, 0.3) is 0 Å². The fourth-order valence-electron chi connectivity index (χ4n) is 1.54. The first-order chi connectivity index (χ1) is 8.97. The molecule has 1 aliphatic rings. The molecule has 0 saturated carbocycles. The van der Waals surface area contributed by atoms with Gasteiger partial charge in [-0.05, 0) is 5.56 Å². The lowest BCUT2D eigenvalue weighted by Gasteiger charge is -2.33. The van der Waals surface area contributed by atoms with Crippen LogP contribution in [0.1, 0.15) is 5.56 Å². The maximum Gasteiger partial charge on any atom is 0.422 e. The number of aliphatic hydroxyl groups is 1. The molecule has 1 heterocycles. The largest absolute Gasteiger partial charge is 0.444 e. The Morgan fingerprint density at radius 3 is 2.58 bits per heavy atom. The van der Waals surface area contributed by atoms with Gasteiger partial charge in [-0.2, -0.15) is 12.7 Å². The highest BCUT2D eigenvalue weighted by Crippen LogP contribution is 2.11. The van der Waals surface area contributed by atoms with E-state index in [0.29, 0.717) is 0 Å². The molecule has 2 rings (SSSR count). The summed E-state index contributed by atoms with van der Waals surface area (Å²) in [4.78, 5) is 11.4. The number of β-amino-alcohol motifs (C(OH)–C–C–N with tert-alkyl or cyclic N) is 1. The van der Waals surface area contributed by atoms with Crippen LogP contribution in [0.2, 0.25) is 0 Å². The molecule has 8 heteroatoms. The van der Waals surface area contributed by atoms with E-state index >= 15 is 0 Å². The first-order valence-electron chi connectivity index (χ1n) is 5.64. The van der Waals surface area contributed by atoms with E-state index < -0.39 is 22.4 Å².